The zero-order valence-corrected chi connectivity index (χ0v) is 21.9. The molecule has 3 aromatic rings. The number of benzene rings is 3. The van der Waals surface area contributed by atoms with Crippen molar-refractivity contribution in [1.82, 2.24) is 9.80 Å². The number of likely N-dealkylation sites (N-methyl/N-ethyl adjacent to an activating group) is 1. The van der Waals surface area contributed by atoms with Crippen molar-refractivity contribution in [2.75, 3.05) is 27.2 Å². The molecule has 6 nitrogen and oxygen atoms in total. The highest BCUT2D eigenvalue weighted by Gasteiger charge is 2.45. The number of amides is 1. The highest BCUT2D eigenvalue weighted by atomic mass is 16.5. The van der Waals surface area contributed by atoms with E-state index >= 15 is 0 Å². The fourth-order valence-corrected chi connectivity index (χ4v) is 4.50. The highest BCUT2D eigenvalue weighted by molar-refractivity contribution is 6.46. The Labute approximate surface area is 218 Å². The standard InChI is InChI=1S/C31H34N2O4/c1-5-22-10-12-23(13-11-22)28-27(30(35)31(36)33(28)19-18-32(3)4)29(34)24-14-16-26(17-15-24)37-20-25-9-7-6-8-21(25)2/h6-17,28,34H,5,18-20H2,1-4H3. The molecule has 1 fully saturated rings. The molecule has 0 saturated carbocycles. The van der Waals surface area contributed by atoms with Crippen LogP contribution in [0.4, 0.5) is 0 Å². The van der Waals surface area contributed by atoms with Crippen molar-refractivity contribution < 1.29 is 19.4 Å². The first-order valence-corrected chi connectivity index (χ1v) is 12.6. The first-order valence-electron chi connectivity index (χ1n) is 12.6. The monoisotopic (exact) mass is 498 g/mol. The molecule has 1 N–H and O–H groups in total. The Morgan fingerprint density at radius 2 is 1.65 bits per heavy atom. The van der Waals surface area contributed by atoms with Crippen molar-refractivity contribution in [1.29, 1.82) is 0 Å². The van der Waals surface area contributed by atoms with Crippen molar-refractivity contribution in [2.24, 2.45) is 0 Å². The Balaban J connectivity index is 1.65. The number of aryl methyl sites for hydroxylation is 2. The van der Waals surface area contributed by atoms with Gasteiger partial charge in [0.05, 0.1) is 11.6 Å². The first-order chi connectivity index (χ1) is 17.8. The number of hydrogen-bond acceptors (Lipinski definition) is 5. The number of carbonyl (C=O) groups is 2. The summed E-state index contributed by atoms with van der Waals surface area (Å²) in [6.07, 6.45) is 0.888. The van der Waals surface area contributed by atoms with Crippen molar-refractivity contribution >= 4 is 17.4 Å². The molecular formula is C31H34N2O4. The second-order valence-corrected chi connectivity index (χ2v) is 9.63. The van der Waals surface area contributed by atoms with Gasteiger partial charge in [-0.2, -0.15) is 0 Å². The van der Waals surface area contributed by atoms with E-state index in [4.69, 9.17) is 4.74 Å². The van der Waals surface area contributed by atoms with Crippen molar-refractivity contribution in [3.8, 4) is 5.75 Å². The quantitative estimate of drug-likeness (QED) is 0.252. The zero-order chi connectivity index (χ0) is 26.5. The number of carbonyl (C=O) groups excluding carboxylic acids is 2. The van der Waals surface area contributed by atoms with Crippen LogP contribution in [-0.4, -0.2) is 53.8 Å². The van der Waals surface area contributed by atoms with Gasteiger partial charge in [0.25, 0.3) is 11.7 Å². The van der Waals surface area contributed by atoms with Crippen LogP contribution in [0.2, 0.25) is 0 Å². The SMILES string of the molecule is CCc1ccc(C2C(=C(O)c3ccc(OCc4ccccc4C)cc3)C(=O)C(=O)N2CCN(C)C)cc1. The van der Waals surface area contributed by atoms with Crippen LogP contribution in [-0.2, 0) is 22.6 Å². The van der Waals surface area contributed by atoms with Crippen molar-refractivity contribution in [2.45, 2.75) is 32.9 Å². The van der Waals surface area contributed by atoms with Crippen LogP contribution in [0.5, 0.6) is 5.75 Å². The van der Waals surface area contributed by atoms with Crippen molar-refractivity contribution in [3.63, 3.8) is 0 Å². The first kappa shape index (κ1) is 26.2. The average molecular weight is 499 g/mol. The number of Topliss-reactive ketones (excluding diaryl/α,β-unsaturated/α-hetero) is 1. The maximum absolute atomic E-state index is 13.2. The van der Waals surface area contributed by atoms with Crippen LogP contribution >= 0.6 is 0 Å². The number of aliphatic hydroxyl groups excluding tert-OH is 1. The van der Waals surface area contributed by atoms with Crippen LogP contribution in [0, 0.1) is 6.92 Å². The van der Waals surface area contributed by atoms with E-state index in [2.05, 4.69) is 6.92 Å². The molecule has 6 heteroatoms. The molecule has 37 heavy (non-hydrogen) atoms. The van der Waals surface area contributed by atoms with E-state index in [1.165, 1.54) is 0 Å². The van der Waals surface area contributed by atoms with Crippen LogP contribution in [0.3, 0.4) is 0 Å². The lowest BCUT2D eigenvalue weighted by Crippen LogP contribution is -2.35. The van der Waals surface area contributed by atoms with Gasteiger partial charge >= 0.3 is 0 Å². The third-order valence-electron chi connectivity index (χ3n) is 6.82. The van der Waals surface area contributed by atoms with E-state index in [1.807, 2.05) is 74.4 Å². The molecule has 1 heterocycles. The van der Waals surface area contributed by atoms with Crippen LogP contribution in [0.15, 0.2) is 78.4 Å². The van der Waals surface area contributed by atoms with E-state index in [1.54, 1.807) is 29.2 Å². The summed E-state index contributed by atoms with van der Waals surface area (Å²) in [5.74, 6) is -0.787. The minimum atomic E-state index is -0.666. The third kappa shape index (κ3) is 5.75. The van der Waals surface area contributed by atoms with Crippen LogP contribution in [0.1, 0.15) is 40.8 Å². The summed E-state index contributed by atoms with van der Waals surface area (Å²) in [5.41, 5.74) is 4.79. The fourth-order valence-electron chi connectivity index (χ4n) is 4.50. The lowest BCUT2D eigenvalue weighted by atomic mass is 9.94. The molecule has 3 aromatic carbocycles. The Kier molecular flexibility index (Phi) is 8.09. The molecular weight excluding hydrogens is 464 g/mol. The minimum absolute atomic E-state index is 0.113. The van der Waals surface area contributed by atoms with Gasteiger partial charge in [-0.15, -0.1) is 0 Å². The lowest BCUT2D eigenvalue weighted by molar-refractivity contribution is -0.140. The molecule has 1 saturated heterocycles. The summed E-state index contributed by atoms with van der Waals surface area (Å²) in [6, 6.07) is 22.2. The van der Waals surface area contributed by atoms with E-state index < -0.39 is 17.7 Å². The number of likely N-dealkylation sites (tertiary alicyclic amines) is 1. The predicted octanol–water partition coefficient (Wildman–Crippen LogP) is 5.12. The number of rotatable bonds is 9. The molecule has 1 amide bonds. The summed E-state index contributed by atoms with van der Waals surface area (Å²) in [4.78, 5) is 29.8. The maximum atomic E-state index is 13.2. The van der Waals surface area contributed by atoms with Gasteiger partial charge in [0.1, 0.15) is 18.1 Å². The summed E-state index contributed by atoms with van der Waals surface area (Å²) < 4.78 is 5.92. The van der Waals surface area contributed by atoms with E-state index in [9.17, 15) is 14.7 Å². The smallest absolute Gasteiger partial charge is 0.295 e. The average Bonchev–Trinajstić information content (AvgIpc) is 3.16. The summed E-state index contributed by atoms with van der Waals surface area (Å²) in [7, 11) is 3.84. The number of nitrogens with zero attached hydrogens (tertiary/aromatic N) is 2. The Bertz CT molecular complexity index is 1290. The summed E-state index contributed by atoms with van der Waals surface area (Å²) in [5, 5.41) is 11.3. The molecule has 0 aromatic heterocycles. The fraction of sp³-hybridized carbons (Fsp3) is 0.290. The molecule has 192 valence electrons. The Morgan fingerprint density at radius 3 is 2.27 bits per heavy atom. The lowest BCUT2D eigenvalue weighted by Gasteiger charge is -2.26. The highest BCUT2D eigenvalue weighted by Crippen LogP contribution is 2.39. The third-order valence-corrected chi connectivity index (χ3v) is 6.82. The van der Waals surface area contributed by atoms with E-state index in [0.29, 0.717) is 31.0 Å². The largest absolute Gasteiger partial charge is 0.507 e. The molecule has 0 radical (unpaired) electrons. The van der Waals surface area contributed by atoms with E-state index in [-0.39, 0.29) is 11.3 Å². The van der Waals surface area contributed by atoms with Crippen LogP contribution < -0.4 is 4.74 Å². The van der Waals surface area contributed by atoms with Gasteiger partial charge in [-0.25, -0.2) is 0 Å². The minimum Gasteiger partial charge on any atom is -0.507 e. The second kappa shape index (κ2) is 11.4. The number of ketones is 1. The topological polar surface area (TPSA) is 70.1 Å². The summed E-state index contributed by atoms with van der Waals surface area (Å²) >= 11 is 0. The van der Waals surface area contributed by atoms with Crippen molar-refractivity contribution in [3.05, 3.63) is 106 Å². The molecule has 1 unspecified atom stereocenters. The van der Waals surface area contributed by atoms with Gasteiger partial charge in [-0.05, 0) is 74.0 Å². The molecule has 1 aliphatic rings. The van der Waals surface area contributed by atoms with Gasteiger partial charge in [0.15, 0.2) is 0 Å². The van der Waals surface area contributed by atoms with Crippen LogP contribution in [0.25, 0.3) is 5.76 Å². The number of ether oxygens (including phenoxy) is 1. The zero-order valence-electron chi connectivity index (χ0n) is 21.9. The molecule has 0 aliphatic carbocycles. The molecule has 1 aliphatic heterocycles. The van der Waals surface area contributed by atoms with Gasteiger partial charge in [0, 0.05) is 18.7 Å². The molecule has 4 rings (SSSR count). The van der Waals surface area contributed by atoms with E-state index in [0.717, 1.165) is 28.7 Å². The molecule has 0 spiro atoms. The molecule has 0 bridgehead atoms. The normalized spacial score (nSPS) is 17.0. The van der Waals surface area contributed by atoms with Gasteiger partial charge in [-0.1, -0.05) is 55.5 Å². The number of aliphatic hydroxyl groups is 1. The van der Waals surface area contributed by atoms with Gasteiger partial charge < -0.3 is 19.6 Å². The Morgan fingerprint density at radius 1 is 0.973 bits per heavy atom. The van der Waals surface area contributed by atoms with Gasteiger partial charge in [0.2, 0.25) is 0 Å². The molecule has 1 atom stereocenters. The Hall–Kier alpha value is -3.90. The number of hydrogen-bond donors (Lipinski definition) is 1. The predicted molar refractivity (Wildman–Crippen MR) is 145 cm³/mol. The summed E-state index contributed by atoms with van der Waals surface area (Å²) in [6.45, 7) is 5.53. The second-order valence-electron chi connectivity index (χ2n) is 9.63. The van der Waals surface area contributed by atoms with Gasteiger partial charge in [-0.3, -0.25) is 9.59 Å². The maximum Gasteiger partial charge on any atom is 0.295 e.